The van der Waals surface area contributed by atoms with Gasteiger partial charge in [0.15, 0.2) is 5.82 Å². The van der Waals surface area contributed by atoms with Crippen molar-refractivity contribution in [1.82, 2.24) is 25.1 Å². The molecule has 1 aromatic carbocycles. The summed E-state index contributed by atoms with van der Waals surface area (Å²) in [7, 11) is 0. The van der Waals surface area contributed by atoms with E-state index < -0.39 is 0 Å². The van der Waals surface area contributed by atoms with Crippen molar-refractivity contribution < 1.29 is 5.11 Å². The summed E-state index contributed by atoms with van der Waals surface area (Å²) in [5.74, 6) is 2.03. The summed E-state index contributed by atoms with van der Waals surface area (Å²) >= 11 is 0. The van der Waals surface area contributed by atoms with E-state index >= 15 is 0 Å². The van der Waals surface area contributed by atoms with Crippen molar-refractivity contribution in [1.29, 1.82) is 0 Å². The molecule has 6 heteroatoms. The highest BCUT2D eigenvalue weighted by Crippen LogP contribution is 2.35. The zero-order chi connectivity index (χ0) is 17.2. The van der Waals surface area contributed by atoms with E-state index in [0.29, 0.717) is 11.8 Å². The van der Waals surface area contributed by atoms with Crippen molar-refractivity contribution in [3.8, 4) is 5.75 Å². The van der Waals surface area contributed by atoms with Gasteiger partial charge in [-0.25, -0.2) is 4.68 Å². The van der Waals surface area contributed by atoms with Crippen LogP contribution in [-0.4, -0.2) is 43.3 Å². The molecule has 2 aliphatic rings. The lowest BCUT2D eigenvalue weighted by atomic mass is 9.95. The molecule has 2 fully saturated rings. The molecule has 1 atom stereocenters. The molecule has 0 radical (unpaired) electrons. The van der Waals surface area contributed by atoms with Gasteiger partial charge in [0.2, 0.25) is 0 Å². The molecule has 134 valence electrons. The van der Waals surface area contributed by atoms with Gasteiger partial charge in [-0.3, -0.25) is 4.90 Å². The largest absolute Gasteiger partial charge is 0.508 e. The number of nitrogens with zero attached hydrogens (tertiary/aromatic N) is 5. The van der Waals surface area contributed by atoms with Gasteiger partial charge in [0, 0.05) is 0 Å². The van der Waals surface area contributed by atoms with Crippen LogP contribution in [0.4, 0.5) is 0 Å². The topological polar surface area (TPSA) is 67.1 Å². The summed E-state index contributed by atoms with van der Waals surface area (Å²) in [5.41, 5.74) is 1.15. The number of aromatic hydroxyl groups is 1. The smallest absolute Gasteiger partial charge is 0.173 e. The Kier molecular flexibility index (Phi) is 4.70. The second kappa shape index (κ2) is 7.12. The number of phenols is 1. The summed E-state index contributed by atoms with van der Waals surface area (Å²) in [6.45, 7) is 4.45. The van der Waals surface area contributed by atoms with E-state index in [1.54, 1.807) is 12.1 Å². The Hall–Kier alpha value is -1.95. The fourth-order valence-electron chi connectivity index (χ4n) is 4.26. The first kappa shape index (κ1) is 16.5. The van der Waals surface area contributed by atoms with Crippen molar-refractivity contribution in [2.24, 2.45) is 5.92 Å². The van der Waals surface area contributed by atoms with E-state index in [0.717, 1.165) is 43.2 Å². The van der Waals surface area contributed by atoms with E-state index in [2.05, 4.69) is 32.0 Å². The minimum atomic E-state index is 0.0590. The summed E-state index contributed by atoms with van der Waals surface area (Å²) < 4.78 is 2.07. The average Bonchev–Trinajstić information content (AvgIpc) is 3.30. The predicted molar refractivity (Wildman–Crippen MR) is 95.2 cm³/mol. The highest BCUT2D eigenvalue weighted by Gasteiger charge is 2.32. The quantitative estimate of drug-likeness (QED) is 0.924. The number of piperidine rings is 1. The van der Waals surface area contributed by atoms with E-state index in [4.69, 9.17) is 0 Å². The zero-order valence-electron chi connectivity index (χ0n) is 14.9. The van der Waals surface area contributed by atoms with Crippen LogP contribution in [0.5, 0.6) is 5.75 Å². The molecule has 1 saturated heterocycles. The number of likely N-dealkylation sites (tertiary alicyclic amines) is 1. The molecule has 2 aromatic rings. The Balaban J connectivity index is 1.70. The van der Waals surface area contributed by atoms with Crippen molar-refractivity contribution in [2.45, 2.75) is 57.5 Å². The number of tetrazole rings is 1. The van der Waals surface area contributed by atoms with Gasteiger partial charge >= 0.3 is 0 Å². The number of benzene rings is 1. The third-order valence-electron chi connectivity index (χ3n) is 5.83. The molecule has 1 aromatic heterocycles. The molecule has 0 unspecified atom stereocenters. The summed E-state index contributed by atoms with van der Waals surface area (Å²) in [6.07, 6.45) is 7.26. The molecule has 6 nitrogen and oxygen atoms in total. The lowest BCUT2D eigenvalue weighted by molar-refractivity contribution is 0.148. The molecular formula is C19H27N5O. The molecule has 1 saturated carbocycles. The fourth-order valence-corrected chi connectivity index (χ4v) is 4.26. The number of hydrogen-bond donors (Lipinski definition) is 1. The average molecular weight is 341 g/mol. The Morgan fingerprint density at radius 1 is 1.04 bits per heavy atom. The van der Waals surface area contributed by atoms with Crippen LogP contribution < -0.4 is 0 Å². The first-order valence-electron chi connectivity index (χ1n) is 9.53. The van der Waals surface area contributed by atoms with Gasteiger partial charge in [0.25, 0.3) is 0 Å². The molecule has 1 aliphatic carbocycles. The van der Waals surface area contributed by atoms with Crippen molar-refractivity contribution in [3.63, 3.8) is 0 Å². The third kappa shape index (κ3) is 3.40. The fraction of sp³-hybridized carbons (Fsp3) is 0.632. The number of aromatic nitrogens is 4. The zero-order valence-corrected chi connectivity index (χ0v) is 14.9. The van der Waals surface area contributed by atoms with Crippen molar-refractivity contribution in [3.05, 3.63) is 35.7 Å². The highest BCUT2D eigenvalue weighted by atomic mass is 16.3. The summed E-state index contributed by atoms with van der Waals surface area (Å²) in [5, 5.41) is 22.5. The van der Waals surface area contributed by atoms with Crippen LogP contribution >= 0.6 is 0 Å². The Morgan fingerprint density at radius 3 is 2.40 bits per heavy atom. The predicted octanol–water partition coefficient (Wildman–Crippen LogP) is 3.32. The molecule has 0 spiro atoms. The molecule has 25 heavy (non-hydrogen) atoms. The van der Waals surface area contributed by atoms with Crippen LogP contribution in [0.25, 0.3) is 0 Å². The molecular weight excluding hydrogens is 314 g/mol. The van der Waals surface area contributed by atoms with Crippen molar-refractivity contribution in [2.75, 3.05) is 13.1 Å². The van der Waals surface area contributed by atoms with Crippen LogP contribution in [0.3, 0.4) is 0 Å². The summed E-state index contributed by atoms with van der Waals surface area (Å²) in [4.78, 5) is 2.50. The number of rotatable bonds is 4. The van der Waals surface area contributed by atoms with Gasteiger partial charge in [-0.2, -0.15) is 0 Å². The Morgan fingerprint density at radius 2 is 1.72 bits per heavy atom. The van der Waals surface area contributed by atoms with Gasteiger partial charge in [0.1, 0.15) is 5.75 Å². The standard InChI is InChI=1S/C19H27N5O/c1-14-10-12-23(13-11-14)18(15-6-8-17(25)9-7-15)19-20-21-22-24(19)16-4-2-3-5-16/h6-9,14,16,18,25H,2-5,10-13H2,1H3/t18-/m1/s1. The van der Waals surface area contributed by atoms with Crippen LogP contribution in [0.15, 0.2) is 24.3 Å². The minimum absolute atomic E-state index is 0.0590. The molecule has 4 rings (SSSR count). The maximum absolute atomic E-state index is 9.68. The second-order valence-corrected chi connectivity index (χ2v) is 7.63. The van der Waals surface area contributed by atoms with E-state index in [1.807, 2.05) is 12.1 Å². The molecule has 1 N–H and O–H groups in total. The van der Waals surface area contributed by atoms with Crippen molar-refractivity contribution >= 4 is 0 Å². The van der Waals surface area contributed by atoms with Crippen LogP contribution in [0, 0.1) is 5.92 Å². The Bertz CT molecular complexity index is 684. The Labute approximate surface area is 148 Å². The number of phenolic OH excluding ortho intramolecular Hbond substituents is 1. The minimum Gasteiger partial charge on any atom is -0.508 e. The van der Waals surface area contributed by atoms with Gasteiger partial charge in [-0.05, 0) is 72.8 Å². The van der Waals surface area contributed by atoms with E-state index in [-0.39, 0.29) is 6.04 Å². The lowest BCUT2D eigenvalue weighted by Gasteiger charge is -2.36. The maximum atomic E-state index is 9.68. The van der Waals surface area contributed by atoms with Gasteiger partial charge in [-0.15, -0.1) is 5.10 Å². The molecule has 1 aliphatic heterocycles. The van der Waals surface area contributed by atoms with Crippen LogP contribution in [0.2, 0.25) is 0 Å². The normalized spacial score (nSPS) is 21.6. The monoisotopic (exact) mass is 341 g/mol. The highest BCUT2D eigenvalue weighted by molar-refractivity contribution is 5.31. The second-order valence-electron chi connectivity index (χ2n) is 7.63. The first-order chi connectivity index (χ1) is 12.2. The number of hydrogen-bond acceptors (Lipinski definition) is 5. The van der Waals surface area contributed by atoms with Crippen LogP contribution in [-0.2, 0) is 0 Å². The van der Waals surface area contributed by atoms with Crippen LogP contribution in [0.1, 0.15) is 68.9 Å². The van der Waals surface area contributed by atoms with E-state index in [1.165, 1.54) is 25.7 Å². The van der Waals surface area contributed by atoms with Gasteiger partial charge in [-0.1, -0.05) is 31.9 Å². The first-order valence-corrected chi connectivity index (χ1v) is 9.53. The molecule has 0 amide bonds. The summed E-state index contributed by atoms with van der Waals surface area (Å²) in [6, 6.07) is 8.02. The third-order valence-corrected chi connectivity index (χ3v) is 5.83. The van der Waals surface area contributed by atoms with Gasteiger partial charge in [0.05, 0.1) is 12.1 Å². The SMILES string of the molecule is CC1CCN([C@H](c2ccc(O)cc2)c2nnnn2C2CCCC2)CC1. The molecule has 0 bridgehead atoms. The molecule has 2 heterocycles. The van der Waals surface area contributed by atoms with Gasteiger partial charge < -0.3 is 5.11 Å². The lowest BCUT2D eigenvalue weighted by Crippen LogP contribution is -2.38. The maximum Gasteiger partial charge on any atom is 0.173 e. The van der Waals surface area contributed by atoms with E-state index in [9.17, 15) is 5.11 Å².